The highest BCUT2D eigenvalue weighted by Crippen LogP contribution is 2.25. The van der Waals surface area contributed by atoms with Gasteiger partial charge < -0.3 is 24.6 Å². The lowest BCUT2D eigenvalue weighted by Gasteiger charge is -2.32. The lowest BCUT2D eigenvalue weighted by molar-refractivity contribution is -0.00419. The third kappa shape index (κ3) is 3.40. The van der Waals surface area contributed by atoms with Gasteiger partial charge in [0.2, 0.25) is 0 Å². The molecule has 2 fully saturated rings. The number of morpholine rings is 1. The van der Waals surface area contributed by atoms with Crippen LogP contribution >= 0.6 is 11.6 Å². The Hall–Kier alpha value is -1.64. The van der Waals surface area contributed by atoms with Gasteiger partial charge in [-0.25, -0.2) is 9.78 Å². The lowest BCUT2D eigenvalue weighted by atomic mass is 10.0. The molecule has 0 saturated carbocycles. The van der Waals surface area contributed by atoms with Crippen LogP contribution in [0.1, 0.15) is 37.6 Å². The van der Waals surface area contributed by atoms with E-state index in [1.165, 1.54) is 11.1 Å². The summed E-state index contributed by atoms with van der Waals surface area (Å²) in [5, 5.41) is 12.5. The summed E-state index contributed by atoms with van der Waals surface area (Å²) in [6.45, 7) is 4.00. The Labute approximate surface area is 144 Å². The first kappa shape index (κ1) is 17.2. The number of likely N-dealkylation sites (tertiary alicyclic amines) is 1. The maximum absolute atomic E-state index is 12.9. The summed E-state index contributed by atoms with van der Waals surface area (Å²) in [4.78, 5) is 29.5. The lowest BCUT2D eigenvalue weighted by Crippen LogP contribution is -2.45. The minimum Gasteiger partial charge on any atom is -0.465 e. The summed E-state index contributed by atoms with van der Waals surface area (Å²) in [6.07, 6.45) is 1.33. The van der Waals surface area contributed by atoms with Gasteiger partial charge in [0.25, 0.3) is 5.56 Å². The van der Waals surface area contributed by atoms with Crippen LogP contribution in [0.15, 0.2) is 11.0 Å². The van der Waals surface area contributed by atoms with Crippen LogP contribution < -0.4 is 10.9 Å². The number of nitrogens with one attached hydrogen (secondary N) is 1. The molecule has 2 unspecified atom stereocenters. The largest absolute Gasteiger partial charge is 0.465 e. The van der Waals surface area contributed by atoms with E-state index in [-0.39, 0.29) is 22.8 Å². The standard InChI is InChI=1S/C15H21ClN4O4/c1-9-13(24-7-4-17-9)12-14(21)20(8-11(16)18-12)10-2-5-19(6-3-10)15(22)23/h8-10,13,17H,2-7H2,1H3,(H,22,23). The van der Waals surface area contributed by atoms with Gasteiger partial charge in [-0.3, -0.25) is 4.79 Å². The predicted octanol–water partition coefficient (Wildman–Crippen LogP) is 1.26. The number of halogens is 1. The van der Waals surface area contributed by atoms with Crippen LogP contribution in [0.5, 0.6) is 0 Å². The van der Waals surface area contributed by atoms with Crippen molar-refractivity contribution in [3.05, 3.63) is 27.4 Å². The highest BCUT2D eigenvalue weighted by atomic mass is 35.5. The van der Waals surface area contributed by atoms with Crippen LogP contribution in [-0.2, 0) is 4.74 Å². The van der Waals surface area contributed by atoms with Crippen molar-refractivity contribution in [1.82, 2.24) is 19.8 Å². The second-order valence-corrected chi connectivity index (χ2v) is 6.58. The van der Waals surface area contributed by atoms with Gasteiger partial charge >= 0.3 is 6.09 Å². The summed E-state index contributed by atoms with van der Waals surface area (Å²) < 4.78 is 7.31. The van der Waals surface area contributed by atoms with Gasteiger partial charge in [0.1, 0.15) is 17.0 Å². The Balaban J connectivity index is 1.87. The van der Waals surface area contributed by atoms with E-state index in [1.807, 2.05) is 6.92 Å². The fraction of sp³-hybridized carbons (Fsp3) is 0.667. The SMILES string of the molecule is CC1NCCOC1c1nc(Cl)cn(C2CCN(C(=O)O)CC2)c1=O. The quantitative estimate of drug-likeness (QED) is 0.828. The monoisotopic (exact) mass is 356 g/mol. The molecule has 0 bridgehead atoms. The van der Waals surface area contributed by atoms with Crippen LogP contribution in [-0.4, -0.2) is 57.9 Å². The van der Waals surface area contributed by atoms with Gasteiger partial charge in [-0.1, -0.05) is 11.6 Å². The van der Waals surface area contributed by atoms with Crippen molar-refractivity contribution in [2.75, 3.05) is 26.2 Å². The molecule has 0 radical (unpaired) electrons. The molecule has 2 saturated heterocycles. The van der Waals surface area contributed by atoms with Crippen LogP contribution in [0.4, 0.5) is 4.79 Å². The molecule has 0 aliphatic carbocycles. The molecule has 1 amide bonds. The summed E-state index contributed by atoms with van der Waals surface area (Å²) in [5.41, 5.74) is 0.0941. The summed E-state index contributed by atoms with van der Waals surface area (Å²) >= 11 is 6.14. The Morgan fingerprint density at radius 3 is 2.79 bits per heavy atom. The smallest absolute Gasteiger partial charge is 0.407 e. The van der Waals surface area contributed by atoms with Crippen LogP contribution in [0.25, 0.3) is 0 Å². The van der Waals surface area contributed by atoms with Gasteiger partial charge in [-0.15, -0.1) is 0 Å². The second-order valence-electron chi connectivity index (χ2n) is 6.20. The average Bonchev–Trinajstić information content (AvgIpc) is 2.57. The van der Waals surface area contributed by atoms with Crippen molar-refractivity contribution < 1.29 is 14.6 Å². The molecule has 132 valence electrons. The van der Waals surface area contributed by atoms with E-state index < -0.39 is 12.2 Å². The van der Waals surface area contributed by atoms with Crippen molar-refractivity contribution in [2.45, 2.75) is 38.0 Å². The molecule has 3 rings (SSSR count). The number of hydrogen-bond acceptors (Lipinski definition) is 5. The number of carbonyl (C=O) groups is 1. The third-order valence-corrected chi connectivity index (χ3v) is 4.83. The topological polar surface area (TPSA) is 96.7 Å². The number of amides is 1. The predicted molar refractivity (Wildman–Crippen MR) is 87.5 cm³/mol. The summed E-state index contributed by atoms with van der Waals surface area (Å²) in [6, 6.07) is -0.112. The van der Waals surface area contributed by atoms with Crippen LogP contribution in [0, 0.1) is 0 Å². The van der Waals surface area contributed by atoms with Crippen LogP contribution in [0.3, 0.4) is 0 Å². The number of piperidine rings is 1. The van der Waals surface area contributed by atoms with E-state index in [0.717, 1.165) is 6.54 Å². The first-order valence-electron chi connectivity index (χ1n) is 8.09. The van der Waals surface area contributed by atoms with E-state index in [0.29, 0.717) is 38.2 Å². The number of rotatable bonds is 2. The van der Waals surface area contributed by atoms with Crippen molar-refractivity contribution >= 4 is 17.7 Å². The van der Waals surface area contributed by atoms with Crippen molar-refractivity contribution in [3.63, 3.8) is 0 Å². The van der Waals surface area contributed by atoms with Gasteiger partial charge in [0.05, 0.1) is 6.61 Å². The van der Waals surface area contributed by atoms with E-state index in [2.05, 4.69) is 10.3 Å². The zero-order chi connectivity index (χ0) is 17.3. The summed E-state index contributed by atoms with van der Waals surface area (Å²) in [7, 11) is 0. The molecule has 2 aliphatic heterocycles. The van der Waals surface area contributed by atoms with Crippen LogP contribution in [0.2, 0.25) is 5.15 Å². The van der Waals surface area contributed by atoms with Gasteiger partial charge in [-0.2, -0.15) is 0 Å². The van der Waals surface area contributed by atoms with E-state index in [4.69, 9.17) is 21.4 Å². The van der Waals surface area contributed by atoms with Gasteiger partial charge in [-0.05, 0) is 19.8 Å². The van der Waals surface area contributed by atoms with Gasteiger partial charge in [0, 0.05) is 37.9 Å². The molecule has 1 aromatic rings. The Morgan fingerprint density at radius 1 is 1.46 bits per heavy atom. The number of ether oxygens (including phenoxy) is 1. The molecule has 9 heteroatoms. The number of aromatic nitrogens is 2. The van der Waals surface area contributed by atoms with E-state index >= 15 is 0 Å². The third-order valence-electron chi connectivity index (χ3n) is 4.64. The summed E-state index contributed by atoms with van der Waals surface area (Å²) in [5.74, 6) is 0. The maximum Gasteiger partial charge on any atom is 0.407 e. The molecule has 0 spiro atoms. The van der Waals surface area contributed by atoms with Crippen molar-refractivity contribution in [2.24, 2.45) is 0 Å². The average molecular weight is 357 g/mol. The van der Waals surface area contributed by atoms with E-state index in [1.54, 1.807) is 4.57 Å². The molecule has 1 aromatic heterocycles. The Kier molecular flexibility index (Phi) is 5.07. The molecule has 2 atom stereocenters. The minimum absolute atomic E-state index is 0.0280. The Morgan fingerprint density at radius 2 is 2.17 bits per heavy atom. The Bertz CT molecular complexity index is 672. The molecular weight excluding hydrogens is 336 g/mol. The molecule has 3 heterocycles. The maximum atomic E-state index is 12.9. The van der Waals surface area contributed by atoms with Crippen molar-refractivity contribution in [1.29, 1.82) is 0 Å². The molecule has 2 aliphatic rings. The molecule has 24 heavy (non-hydrogen) atoms. The highest BCUT2D eigenvalue weighted by Gasteiger charge is 2.30. The fourth-order valence-corrected chi connectivity index (χ4v) is 3.53. The normalized spacial score (nSPS) is 25.7. The first-order valence-corrected chi connectivity index (χ1v) is 8.46. The highest BCUT2D eigenvalue weighted by molar-refractivity contribution is 6.29. The molecule has 0 aromatic carbocycles. The molecular formula is C15H21ClN4O4. The second kappa shape index (κ2) is 7.08. The number of hydrogen-bond donors (Lipinski definition) is 2. The molecule has 2 N–H and O–H groups in total. The number of carboxylic acid groups (broad SMARTS) is 1. The molecule has 8 nitrogen and oxygen atoms in total. The zero-order valence-electron chi connectivity index (χ0n) is 13.4. The van der Waals surface area contributed by atoms with Gasteiger partial charge in [0.15, 0.2) is 0 Å². The van der Waals surface area contributed by atoms with E-state index in [9.17, 15) is 9.59 Å². The first-order chi connectivity index (χ1) is 11.5. The fourth-order valence-electron chi connectivity index (χ4n) is 3.33. The number of nitrogens with zero attached hydrogens (tertiary/aromatic N) is 3. The van der Waals surface area contributed by atoms with Crippen molar-refractivity contribution in [3.8, 4) is 0 Å². The zero-order valence-corrected chi connectivity index (χ0v) is 14.2. The minimum atomic E-state index is -0.926.